The third-order valence-electron chi connectivity index (χ3n) is 2.44. The van der Waals surface area contributed by atoms with Gasteiger partial charge in [0.15, 0.2) is 0 Å². The molecule has 18 heavy (non-hydrogen) atoms. The smallest absolute Gasteiger partial charge is 0.212 e. The number of rotatable bonds is 4. The predicted octanol–water partition coefficient (Wildman–Crippen LogP) is 4.01. The van der Waals surface area contributed by atoms with E-state index in [0.29, 0.717) is 22.5 Å². The molecule has 0 bridgehead atoms. The topological polar surface area (TPSA) is 34.1 Å². The molecule has 0 aliphatic carbocycles. The summed E-state index contributed by atoms with van der Waals surface area (Å²) in [6.45, 7) is 0.598. The molecule has 1 aromatic heterocycles. The molecule has 3 nitrogen and oxygen atoms in total. The first-order valence-corrected chi connectivity index (χ1v) is 6.13. The van der Waals surface area contributed by atoms with Crippen LogP contribution in [-0.2, 0) is 6.54 Å². The van der Waals surface area contributed by atoms with E-state index in [1.54, 1.807) is 25.4 Å². The van der Waals surface area contributed by atoms with Gasteiger partial charge in [-0.25, -0.2) is 4.98 Å². The first kappa shape index (κ1) is 13.0. The number of ether oxygens (including phenoxy) is 1. The number of para-hydroxylation sites is 1. The summed E-state index contributed by atoms with van der Waals surface area (Å²) in [6, 6.07) is 9.14. The van der Waals surface area contributed by atoms with Gasteiger partial charge in [-0.3, -0.25) is 0 Å². The van der Waals surface area contributed by atoms with Crippen molar-refractivity contribution in [2.45, 2.75) is 6.54 Å². The molecule has 0 saturated carbocycles. The van der Waals surface area contributed by atoms with Crippen LogP contribution < -0.4 is 10.1 Å². The van der Waals surface area contributed by atoms with Crippen molar-refractivity contribution in [1.29, 1.82) is 0 Å². The van der Waals surface area contributed by atoms with Gasteiger partial charge in [-0.15, -0.1) is 0 Å². The van der Waals surface area contributed by atoms with Crippen LogP contribution in [0.3, 0.4) is 0 Å². The minimum Gasteiger partial charge on any atom is -0.481 e. The summed E-state index contributed by atoms with van der Waals surface area (Å²) in [5, 5.41) is 4.39. The Morgan fingerprint density at radius 2 is 1.89 bits per heavy atom. The summed E-state index contributed by atoms with van der Waals surface area (Å²) in [4.78, 5) is 4.13. The standard InChI is InChI=1S/C13H12Cl2N2O/c1-18-12-6-5-9(7-16-12)8-17-13-10(14)3-2-4-11(13)15/h2-7,17H,8H2,1H3. The van der Waals surface area contributed by atoms with Gasteiger partial charge in [0.25, 0.3) is 0 Å². The number of methoxy groups -OCH3 is 1. The quantitative estimate of drug-likeness (QED) is 0.920. The minimum atomic E-state index is 0.592. The molecule has 1 aromatic carbocycles. The first-order chi connectivity index (χ1) is 8.70. The highest BCUT2D eigenvalue weighted by atomic mass is 35.5. The van der Waals surface area contributed by atoms with E-state index in [1.165, 1.54) is 0 Å². The molecular weight excluding hydrogens is 271 g/mol. The highest BCUT2D eigenvalue weighted by Crippen LogP contribution is 2.30. The lowest BCUT2D eigenvalue weighted by atomic mass is 10.2. The zero-order chi connectivity index (χ0) is 13.0. The van der Waals surface area contributed by atoms with Crippen LogP contribution in [0.5, 0.6) is 5.88 Å². The zero-order valence-electron chi connectivity index (χ0n) is 9.78. The number of benzene rings is 1. The molecule has 1 heterocycles. The first-order valence-electron chi connectivity index (χ1n) is 5.37. The van der Waals surface area contributed by atoms with Crippen molar-refractivity contribution < 1.29 is 4.74 Å². The van der Waals surface area contributed by atoms with Crippen LogP contribution in [0.2, 0.25) is 10.0 Å². The maximum absolute atomic E-state index is 6.06. The molecule has 0 unspecified atom stereocenters. The highest BCUT2D eigenvalue weighted by molar-refractivity contribution is 6.39. The molecule has 0 fully saturated rings. The zero-order valence-corrected chi connectivity index (χ0v) is 11.3. The second-order valence-electron chi connectivity index (χ2n) is 3.66. The lowest BCUT2D eigenvalue weighted by Crippen LogP contribution is -2.01. The van der Waals surface area contributed by atoms with Crippen molar-refractivity contribution >= 4 is 28.9 Å². The number of nitrogens with zero attached hydrogens (tertiary/aromatic N) is 1. The highest BCUT2D eigenvalue weighted by Gasteiger charge is 2.04. The van der Waals surface area contributed by atoms with Crippen molar-refractivity contribution in [3.63, 3.8) is 0 Å². The van der Waals surface area contributed by atoms with Gasteiger partial charge in [-0.2, -0.15) is 0 Å². The van der Waals surface area contributed by atoms with Crippen LogP contribution in [0, 0.1) is 0 Å². The van der Waals surface area contributed by atoms with Crippen LogP contribution in [0.15, 0.2) is 36.5 Å². The maximum atomic E-state index is 6.06. The van der Waals surface area contributed by atoms with Gasteiger partial charge >= 0.3 is 0 Å². The van der Waals surface area contributed by atoms with Gasteiger partial charge in [0.1, 0.15) is 0 Å². The Kier molecular flexibility index (Phi) is 4.28. The van der Waals surface area contributed by atoms with Crippen molar-refractivity contribution in [3.05, 3.63) is 52.1 Å². The molecule has 2 rings (SSSR count). The Labute approximate surface area is 116 Å². The molecule has 0 radical (unpaired) electrons. The molecule has 0 saturated heterocycles. The summed E-state index contributed by atoms with van der Waals surface area (Å²) < 4.78 is 5.00. The van der Waals surface area contributed by atoms with Gasteiger partial charge in [0.2, 0.25) is 5.88 Å². The van der Waals surface area contributed by atoms with Crippen molar-refractivity contribution in [1.82, 2.24) is 4.98 Å². The third-order valence-corrected chi connectivity index (χ3v) is 3.07. The Morgan fingerprint density at radius 3 is 2.44 bits per heavy atom. The Morgan fingerprint density at radius 1 is 1.17 bits per heavy atom. The molecule has 0 aliphatic heterocycles. The minimum absolute atomic E-state index is 0.592. The molecule has 0 aliphatic rings. The fraction of sp³-hybridized carbons (Fsp3) is 0.154. The van der Waals surface area contributed by atoms with Gasteiger partial charge in [0, 0.05) is 18.8 Å². The Balaban J connectivity index is 2.06. The van der Waals surface area contributed by atoms with E-state index in [2.05, 4.69) is 10.3 Å². The molecule has 94 valence electrons. The summed E-state index contributed by atoms with van der Waals surface area (Å²) in [5.74, 6) is 0.592. The summed E-state index contributed by atoms with van der Waals surface area (Å²) in [5.41, 5.74) is 1.75. The molecule has 0 spiro atoms. The van der Waals surface area contributed by atoms with E-state index in [1.807, 2.05) is 18.2 Å². The normalized spacial score (nSPS) is 10.2. The lowest BCUT2D eigenvalue weighted by molar-refractivity contribution is 0.397. The van der Waals surface area contributed by atoms with E-state index >= 15 is 0 Å². The van der Waals surface area contributed by atoms with E-state index in [4.69, 9.17) is 27.9 Å². The Hall–Kier alpha value is -1.45. The molecule has 2 aromatic rings. The molecule has 5 heteroatoms. The number of pyridine rings is 1. The van der Waals surface area contributed by atoms with Gasteiger partial charge in [0.05, 0.1) is 22.8 Å². The number of nitrogens with one attached hydrogen (secondary N) is 1. The van der Waals surface area contributed by atoms with E-state index in [0.717, 1.165) is 11.3 Å². The van der Waals surface area contributed by atoms with Crippen molar-refractivity contribution in [2.24, 2.45) is 0 Å². The molecule has 1 N–H and O–H groups in total. The summed E-state index contributed by atoms with van der Waals surface area (Å²) in [6.07, 6.45) is 1.75. The van der Waals surface area contributed by atoms with Crippen LogP contribution in [-0.4, -0.2) is 12.1 Å². The summed E-state index contributed by atoms with van der Waals surface area (Å²) in [7, 11) is 1.59. The maximum Gasteiger partial charge on any atom is 0.212 e. The molecule has 0 amide bonds. The Bertz CT molecular complexity index is 509. The fourth-order valence-corrected chi connectivity index (χ4v) is 2.02. The number of aromatic nitrogens is 1. The third kappa shape index (κ3) is 3.06. The van der Waals surface area contributed by atoms with Crippen LogP contribution in [0.1, 0.15) is 5.56 Å². The van der Waals surface area contributed by atoms with Gasteiger partial charge in [-0.05, 0) is 17.7 Å². The lowest BCUT2D eigenvalue weighted by Gasteiger charge is -2.10. The number of hydrogen-bond donors (Lipinski definition) is 1. The second-order valence-corrected chi connectivity index (χ2v) is 4.47. The van der Waals surface area contributed by atoms with Gasteiger partial charge < -0.3 is 10.1 Å². The van der Waals surface area contributed by atoms with Crippen LogP contribution in [0.4, 0.5) is 5.69 Å². The van der Waals surface area contributed by atoms with E-state index < -0.39 is 0 Å². The number of anilines is 1. The molecule has 0 atom stereocenters. The van der Waals surface area contributed by atoms with Crippen LogP contribution >= 0.6 is 23.2 Å². The second kappa shape index (κ2) is 5.94. The summed E-state index contributed by atoms with van der Waals surface area (Å²) >= 11 is 12.1. The monoisotopic (exact) mass is 282 g/mol. The molecular formula is C13H12Cl2N2O. The average molecular weight is 283 g/mol. The van der Waals surface area contributed by atoms with Crippen molar-refractivity contribution in [3.8, 4) is 5.88 Å². The van der Waals surface area contributed by atoms with Gasteiger partial charge in [-0.1, -0.05) is 35.3 Å². The van der Waals surface area contributed by atoms with E-state index in [-0.39, 0.29) is 0 Å². The predicted molar refractivity (Wildman–Crippen MR) is 74.6 cm³/mol. The van der Waals surface area contributed by atoms with E-state index in [9.17, 15) is 0 Å². The average Bonchev–Trinajstić information content (AvgIpc) is 2.39. The van der Waals surface area contributed by atoms with Crippen LogP contribution in [0.25, 0.3) is 0 Å². The SMILES string of the molecule is COc1ccc(CNc2c(Cl)cccc2Cl)cn1. The number of halogens is 2. The largest absolute Gasteiger partial charge is 0.481 e. The van der Waals surface area contributed by atoms with Crippen molar-refractivity contribution in [2.75, 3.05) is 12.4 Å². The number of hydrogen-bond acceptors (Lipinski definition) is 3. The fourth-order valence-electron chi connectivity index (χ4n) is 1.49.